The molecule has 2 atom stereocenters. The monoisotopic (exact) mass is 343 g/mol. The molecule has 2 aromatic heterocycles. The fraction of sp³-hybridized carbons (Fsp3) is 0.471. The summed E-state index contributed by atoms with van der Waals surface area (Å²) in [6.45, 7) is 2.67. The van der Waals surface area contributed by atoms with Crippen LogP contribution in [0.4, 0.5) is 11.5 Å². The number of hydrogen-bond donors (Lipinski definition) is 1. The van der Waals surface area contributed by atoms with Gasteiger partial charge in [0.15, 0.2) is 0 Å². The molecule has 0 saturated carbocycles. The van der Waals surface area contributed by atoms with E-state index in [1.54, 1.807) is 19.5 Å². The maximum atomic E-state index is 6.10. The molecule has 2 aliphatic rings. The molecule has 0 radical (unpaired) electrons. The number of nitrogens with one attached hydrogen (secondary N) is 1. The summed E-state index contributed by atoms with van der Waals surface area (Å²) >= 11 is 0. The lowest BCUT2D eigenvalue weighted by molar-refractivity contribution is -0.00461. The van der Waals surface area contributed by atoms with Crippen molar-refractivity contribution < 1.29 is 14.2 Å². The minimum atomic E-state index is 0.0293. The first kappa shape index (κ1) is 16.0. The van der Waals surface area contributed by atoms with Crippen LogP contribution in [0.1, 0.15) is 0 Å². The molecule has 1 N–H and O–H groups in total. The summed E-state index contributed by atoms with van der Waals surface area (Å²) in [7, 11) is 1.60. The molecule has 2 saturated heterocycles. The molecule has 0 aliphatic carbocycles. The van der Waals surface area contributed by atoms with Crippen molar-refractivity contribution in [1.82, 2.24) is 15.0 Å². The van der Waals surface area contributed by atoms with E-state index in [0.717, 1.165) is 24.6 Å². The minimum Gasteiger partial charge on any atom is -0.481 e. The van der Waals surface area contributed by atoms with Crippen molar-refractivity contribution in [1.29, 1.82) is 0 Å². The lowest BCUT2D eigenvalue weighted by atomic mass is 10.3. The van der Waals surface area contributed by atoms with E-state index in [0.29, 0.717) is 19.1 Å². The van der Waals surface area contributed by atoms with E-state index in [9.17, 15) is 0 Å². The molecule has 0 amide bonds. The van der Waals surface area contributed by atoms with Crippen LogP contribution in [0.5, 0.6) is 5.88 Å². The van der Waals surface area contributed by atoms with Crippen LogP contribution >= 0.6 is 0 Å². The molecule has 25 heavy (non-hydrogen) atoms. The minimum absolute atomic E-state index is 0.0293. The fourth-order valence-electron chi connectivity index (χ4n) is 3.16. The van der Waals surface area contributed by atoms with E-state index in [1.807, 2.05) is 18.2 Å². The number of pyridine rings is 1. The maximum Gasteiger partial charge on any atom is 0.218 e. The largest absolute Gasteiger partial charge is 0.481 e. The van der Waals surface area contributed by atoms with Gasteiger partial charge in [-0.2, -0.15) is 0 Å². The molecule has 2 aliphatic heterocycles. The molecule has 2 fully saturated rings. The Kier molecular flexibility index (Phi) is 4.62. The van der Waals surface area contributed by atoms with Gasteiger partial charge in [-0.05, 0) is 12.1 Å². The molecule has 8 nitrogen and oxygen atoms in total. The summed E-state index contributed by atoms with van der Waals surface area (Å²) in [5.41, 5.74) is 0.974. The highest BCUT2D eigenvalue weighted by Crippen LogP contribution is 2.26. The Morgan fingerprint density at radius 2 is 2.00 bits per heavy atom. The van der Waals surface area contributed by atoms with E-state index in [-0.39, 0.29) is 18.2 Å². The third kappa shape index (κ3) is 3.64. The highest BCUT2D eigenvalue weighted by Gasteiger charge is 2.38. The van der Waals surface area contributed by atoms with Crippen LogP contribution < -0.4 is 15.0 Å². The molecular formula is C17H21N5O3. The van der Waals surface area contributed by atoms with Gasteiger partial charge in [0.05, 0.1) is 32.1 Å². The molecule has 132 valence electrons. The Hall–Kier alpha value is -2.45. The number of nitrogens with zero attached hydrogens (tertiary/aromatic N) is 4. The number of ether oxygens (including phenoxy) is 3. The Labute approximate surface area is 146 Å². The number of rotatable bonds is 4. The molecule has 0 spiro atoms. The van der Waals surface area contributed by atoms with Crippen LogP contribution in [0.15, 0.2) is 36.9 Å². The highest BCUT2D eigenvalue weighted by atomic mass is 16.6. The van der Waals surface area contributed by atoms with E-state index in [1.165, 1.54) is 6.33 Å². The van der Waals surface area contributed by atoms with Crippen LogP contribution in [-0.2, 0) is 9.47 Å². The van der Waals surface area contributed by atoms with Gasteiger partial charge in [-0.15, -0.1) is 0 Å². The summed E-state index contributed by atoms with van der Waals surface area (Å²) in [5, 5.41) is 3.40. The van der Waals surface area contributed by atoms with E-state index in [2.05, 4.69) is 25.2 Å². The van der Waals surface area contributed by atoms with Crippen LogP contribution in [0.3, 0.4) is 0 Å². The summed E-state index contributed by atoms with van der Waals surface area (Å²) in [4.78, 5) is 14.6. The van der Waals surface area contributed by atoms with Crippen molar-refractivity contribution in [3.05, 3.63) is 36.9 Å². The number of aromatic nitrogens is 3. The average Bonchev–Trinajstić information content (AvgIpc) is 2.99. The van der Waals surface area contributed by atoms with Gasteiger partial charge in [-0.3, -0.25) is 4.98 Å². The maximum absolute atomic E-state index is 6.10. The second kappa shape index (κ2) is 7.20. The number of methoxy groups -OCH3 is 1. The Bertz CT molecular complexity index is 686. The van der Waals surface area contributed by atoms with Gasteiger partial charge in [-0.25, -0.2) is 9.97 Å². The number of hydrogen-bond acceptors (Lipinski definition) is 8. The second-order valence-corrected chi connectivity index (χ2v) is 6.15. The lowest BCUT2D eigenvalue weighted by Crippen LogP contribution is -2.31. The molecule has 4 heterocycles. The van der Waals surface area contributed by atoms with Crippen molar-refractivity contribution in [3.63, 3.8) is 0 Å². The van der Waals surface area contributed by atoms with Gasteiger partial charge in [-0.1, -0.05) is 0 Å². The third-order valence-corrected chi connectivity index (χ3v) is 4.43. The summed E-state index contributed by atoms with van der Waals surface area (Å²) in [6.07, 6.45) is 5.13. The van der Waals surface area contributed by atoms with Gasteiger partial charge in [0.25, 0.3) is 0 Å². The number of anilines is 2. The topological polar surface area (TPSA) is 81.6 Å². The van der Waals surface area contributed by atoms with Crippen LogP contribution in [0.25, 0.3) is 0 Å². The molecule has 8 heteroatoms. The zero-order valence-electron chi connectivity index (χ0n) is 14.0. The molecule has 0 bridgehead atoms. The first-order valence-corrected chi connectivity index (χ1v) is 8.32. The predicted molar refractivity (Wildman–Crippen MR) is 91.9 cm³/mol. The van der Waals surface area contributed by atoms with Crippen molar-refractivity contribution >= 4 is 11.5 Å². The van der Waals surface area contributed by atoms with E-state index >= 15 is 0 Å². The Morgan fingerprint density at radius 1 is 1.20 bits per heavy atom. The van der Waals surface area contributed by atoms with Gasteiger partial charge in [0.2, 0.25) is 5.88 Å². The Morgan fingerprint density at radius 3 is 2.68 bits per heavy atom. The molecule has 0 aromatic carbocycles. The van der Waals surface area contributed by atoms with E-state index in [4.69, 9.17) is 14.2 Å². The SMILES string of the molecule is COc1cc(N2C[C@@H]3OCC(Nc4cccnc4)CO[C@H]3C2)ncn1. The van der Waals surface area contributed by atoms with Crippen LogP contribution in [-0.4, -0.2) is 66.6 Å². The molecular weight excluding hydrogens is 322 g/mol. The molecule has 4 rings (SSSR count). The zero-order chi connectivity index (χ0) is 17.1. The van der Waals surface area contributed by atoms with Gasteiger partial charge < -0.3 is 24.4 Å². The lowest BCUT2D eigenvalue weighted by Gasteiger charge is -2.20. The first-order valence-electron chi connectivity index (χ1n) is 8.32. The predicted octanol–water partition coefficient (Wildman–Crippen LogP) is 0.965. The average molecular weight is 343 g/mol. The zero-order valence-corrected chi connectivity index (χ0v) is 14.0. The van der Waals surface area contributed by atoms with Crippen molar-refractivity contribution in [3.8, 4) is 5.88 Å². The second-order valence-electron chi connectivity index (χ2n) is 6.15. The molecule has 0 unspecified atom stereocenters. The summed E-state index contributed by atoms with van der Waals surface area (Å²) in [5.74, 6) is 1.39. The smallest absolute Gasteiger partial charge is 0.218 e. The summed E-state index contributed by atoms with van der Waals surface area (Å²) in [6, 6.07) is 5.84. The number of fused-ring (bicyclic) bond motifs is 1. The van der Waals surface area contributed by atoms with Crippen molar-refractivity contribution in [2.75, 3.05) is 43.6 Å². The standard InChI is InChI=1S/C17H21N5O3/c1-23-17-5-16(19-11-20-17)22-7-14-15(8-22)25-10-13(9-24-14)21-12-3-2-4-18-6-12/h2-6,11,13-15,21H,7-10H2,1H3/t14-,15-/m0/s1. The third-order valence-electron chi connectivity index (χ3n) is 4.43. The fourth-order valence-corrected chi connectivity index (χ4v) is 3.16. The molecule has 2 aromatic rings. The van der Waals surface area contributed by atoms with Crippen LogP contribution in [0, 0.1) is 0 Å². The summed E-state index contributed by atoms with van der Waals surface area (Å²) < 4.78 is 17.4. The van der Waals surface area contributed by atoms with E-state index < -0.39 is 0 Å². The van der Waals surface area contributed by atoms with Gasteiger partial charge in [0, 0.05) is 31.5 Å². The quantitative estimate of drug-likeness (QED) is 0.879. The Balaban J connectivity index is 1.37. The van der Waals surface area contributed by atoms with Crippen molar-refractivity contribution in [2.24, 2.45) is 0 Å². The van der Waals surface area contributed by atoms with Gasteiger partial charge >= 0.3 is 0 Å². The van der Waals surface area contributed by atoms with Crippen molar-refractivity contribution in [2.45, 2.75) is 18.2 Å². The van der Waals surface area contributed by atoms with Gasteiger partial charge in [0.1, 0.15) is 24.4 Å². The normalized spacial score (nSPS) is 23.8. The highest BCUT2D eigenvalue weighted by molar-refractivity contribution is 5.43. The first-order chi connectivity index (χ1) is 12.3. The van der Waals surface area contributed by atoms with Crippen LogP contribution in [0.2, 0.25) is 0 Å².